The topological polar surface area (TPSA) is 38.9 Å². The lowest BCUT2D eigenvalue weighted by Crippen LogP contribution is -2.15. The first-order chi connectivity index (χ1) is 9.08. The summed E-state index contributed by atoms with van der Waals surface area (Å²) in [6.07, 6.45) is 1.62. The van der Waals surface area contributed by atoms with E-state index in [1.807, 2.05) is 0 Å². The van der Waals surface area contributed by atoms with Crippen molar-refractivity contribution in [1.82, 2.24) is 4.98 Å². The van der Waals surface area contributed by atoms with Crippen molar-refractivity contribution in [3.05, 3.63) is 58.7 Å². The molecule has 2 nitrogen and oxygen atoms in total. The second-order valence-electron chi connectivity index (χ2n) is 3.87. The van der Waals surface area contributed by atoms with Crippen molar-refractivity contribution >= 4 is 23.4 Å². The van der Waals surface area contributed by atoms with E-state index in [9.17, 15) is 8.78 Å². The molecular weight excluding hydrogens is 290 g/mol. The zero-order valence-corrected chi connectivity index (χ0v) is 11.4. The summed E-state index contributed by atoms with van der Waals surface area (Å²) >= 11 is 7.29. The highest BCUT2D eigenvalue weighted by atomic mass is 35.5. The second kappa shape index (κ2) is 6.32. The number of benzene rings is 1. The molecule has 0 saturated carbocycles. The van der Waals surface area contributed by atoms with Crippen molar-refractivity contribution in [2.75, 3.05) is 5.75 Å². The van der Waals surface area contributed by atoms with Crippen LogP contribution in [0.15, 0.2) is 41.6 Å². The number of pyridine rings is 1. The van der Waals surface area contributed by atoms with Crippen molar-refractivity contribution in [3.63, 3.8) is 0 Å². The molecule has 0 fully saturated rings. The Morgan fingerprint density at radius 3 is 2.79 bits per heavy atom. The van der Waals surface area contributed by atoms with E-state index in [1.165, 1.54) is 23.9 Å². The van der Waals surface area contributed by atoms with Crippen molar-refractivity contribution in [3.8, 4) is 0 Å². The van der Waals surface area contributed by atoms with Gasteiger partial charge in [0.15, 0.2) is 0 Å². The third-order valence-electron chi connectivity index (χ3n) is 2.49. The van der Waals surface area contributed by atoms with Gasteiger partial charge in [-0.3, -0.25) is 0 Å². The molecule has 0 radical (unpaired) electrons. The van der Waals surface area contributed by atoms with Crippen LogP contribution in [0.3, 0.4) is 0 Å². The van der Waals surface area contributed by atoms with Crippen molar-refractivity contribution in [1.29, 1.82) is 0 Å². The van der Waals surface area contributed by atoms with Gasteiger partial charge >= 0.3 is 0 Å². The highest BCUT2D eigenvalue weighted by molar-refractivity contribution is 7.99. The molecule has 2 N–H and O–H groups in total. The first kappa shape index (κ1) is 14.2. The van der Waals surface area contributed by atoms with E-state index in [0.717, 1.165) is 6.07 Å². The molecule has 1 heterocycles. The summed E-state index contributed by atoms with van der Waals surface area (Å²) < 4.78 is 26.3. The Labute approximate surface area is 119 Å². The molecule has 0 aliphatic heterocycles. The van der Waals surface area contributed by atoms with Gasteiger partial charge in [0, 0.05) is 29.6 Å². The van der Waals surface area contributed by atoms with Gasteiger partial charge < -0.3 is 5.73 Å². The number of thioether (sulfide) groups is 1. The lowest BCUT2D eigenvalue weighted by atomic mass is 10.1. The van der Waals surface area contributed by atoms with Crippen LogP contribution in [0.25, 0.3) is 0 Å². The molecule has 0 saturated heterocycles. The standard InChI is InChI=1S/C13H11ClF2N2S/c14-10-2-1-5-18-13(10)19-7-12(17)9-4-3-8(15)6-11(9)16/h1-6,12H,7,17H2. The first-order valence-corrected chi connectivity index (χ1v) is 6.88. The number of aromatic nitrogens is 1. The Kier molecular flexibility index (Phi) is 4.74. The molecule has 0 spiro atoms. The Morgan fingerprint density at radius 2 is 2.11 bits per heavy atom. The van der Waals surface area contributed by atoms with Gasteiger partial charge in [-0.15, -0.1) is 11.8 Å². The third kappa shape index (κ3) is 3.65. The Bertz CT molecular complexity index is 580. The fraction of sp³-hybridized carbons (Fsp3) is 0.154. The molecule has 0 amide bonds. The smallest absolute Gasteiger partial charge is 0.130 e. The van der Waals surface area contributed by atoms with Crippen LogP contribution in [-0.4, -0.2) is 10.7 Å². The van der Waals surface area contributed by atoms with Crippen LogP contribution in [0.4, 0.5) is 8.78 Å². The lowest BCUT2D eigenvalue weighted by molar-refractivity contribution is 0.563. The number of nitrogens with zero attached hydrogens (tertiary/aromatic N) is 1. The summed E-state index contributed by atoms with van der Waals surface area (Å²) in [6.45, 7) is 0. The van der Waals surface area contributed by atoms with Crippen LogP contribution in [0, 0.1) is 11.6 Å². The summed E-state index contributed by atoms with van der Waals surface area (Å²) in [6, 6.07) is 6.27. The van der Waals surface area contributed by atoms with Gasteiger partial charge in [0.25, 0.3) is 0 Å². The van der Waals surface area contributed by atoms with E-state index in [4.69, 9.17) is 17.3 Å². The summed E-state index contributed by atoms with van der Waals surface area (Å²) in [5.41, 5.74) is 6.17. The number of hydrogen-bond donors (Lipinski definition) is 1. The molecule has 0 aliphatic carbocycles. The highest BCUT2D eigenvalue weighted by Crippen LogP contribution is 2.28. The van der Waals surface area contributed by atoms with Crippen molar-refractivity contribution in [2.24, 2.45) is 5.73 Å². The lowest BCUT2D eigenvalue weighted by Gasteiger charge is -2.12. The van der Waals surface area contributed by atoms with Gasteiger partial charge in [-0.1, -0.05) is 17.7 Å². The highest BCUT2D eigenvalue weighted by Gasteiger charge is 2.13. The predicted octanol–water partition coefficient (Wildman–Crippen LogP) is 3.81. The minimum Gasteiger partial charge on any atom is -0.323 e. The molecule has 1 unspecified atom stereocenters. The monoisotopic (exact) mass is 300 g/mol. The van der Waals surface area contributed by atoms with Gasteiger partial charge in [-0.05, 0) is 18.2 Å². The average Bonchev–Trinajstić information content (AvgIpc) is 2.37. The van der Waals surface area contributed by atoms with E-state index in [2.05, 4.69) is 4.98 Å². The van der Waals surface area contributed by atoms with Gasteiger partial charge in [0.1, 0.15) is 16.7 Å². The Morgan fingerprint density at radius 1 is 1.32 bits per heavy atom. The molecular formula is C13H11ClF2N2S. The van der Waals surface area contributed by atoms with Crippen molar-refractivity contribution < 1.29 is 8.78 Å². The minimum atomic E-state index is -0.639. The molecule has 19 heavy (non-hydrogen) atoms. The van der Waals surface area contributed by atoms with E-state index >= 15 is 0 Å². The Hall–Kier alpha value is -1.17. The van der Waals surface area contributed by atoms with Crippen LogP contribution in [0.2, 0.25) is 5.02 Å². The maximum Gasteiger partial charge on any atom is 0.130 e. The van der Waals surface area contributed by atoms with E-state index in [0.29, 0.717) is 15.8 Å². The number of nitrogens with two attached hydrogens (primary N) is 1. The quantitative estimate of drug-likeness (QED) is 0.873. The zero-order valence-electron chi connectivity index (χ0n) is 9.82. The van der Waals surface area contributed by atoms with E-state index in [1.54, 1.807) is 18.3 Å². The zero-order chi connectivity index (χ0) is 13.8. The maximum atomic E-state index is 13.5. The van der Waals surface area contributed by atoms with Crippen LogP contribution in [0.1, 0.15) is 11.6 Å². The molecule has 2 rings (SSSR count). The largest absolute Gasteiger partial charge is 0.323 e. The molecule has 6 heteroatoms. The maximum absolute atomic E-state index is 13.5. The molecule has 0 bridgehead atoms. The van der Waals surface area contributed by atoms with Gasteiger partial charge in [-0.2, -0.15) is 0 Å². The minimum absolute atomic E-state index is 0.279. The van der Waals surface area contributed by atoms with Gasteiger partial charge in [-0.25, -0.2) is 13.8 Å². The fourth-order valence-electron chi connectivity index (χ4n) is 1.54. The summed E-state index contributed by atoms with van der Waals surface area (Å²) in [5, 5.41) is 1.17. The van der Waals surface area contributed by atoms with Crippen LogP contribution < -0.4 is 5.73 Å². The third-order valence-corrected chi connectivity index (χ3v) is 4.03. The second-order valence-corrected chi connectivity index (χ2v) is 5.29. The van der Waals surface area contributed by atoms with E-state index < -0.39 is 17.7 Å². The predicted molar refractivity (Wildman–Crippen MR) is 73.3 cm³/mol. The SMILES string of the molecule is NC(CSc1ncccc1Cl)c1ccc(F)cc1F. The van der Waals surface area contributed by atoms with Gasteiger partial charge in [0.2, 0.25) is 0 Å². The molecule has 1 aromatic carbocycles. The summed E-state index contributed by atoms with van der Waals surface area (Å²) in [5.74, 6) is -0.853. The number of halogens is 3. The number of hydrogen-bond acceptors (Lipinski definition) is 3. The van der Waals surface area contributed by atoms with Crippen LogP contribution in [-0.2, 0) is 0 Å². The van der Waals surface area contributed by atoms with Gasteiger partial charge in [0.05, 0.1) is 5.02 Å². The fourth-order valence-corrected chi connectivity index (χ4v) is 2.68. The normalized spacial score (nSPS) is 12.4. The number of rotatable bonds is 4. The van der Waals surface area contributed by atoms with Crippen LogP contribution >= 0.6 is 23.4 Å². The van der Waals surface area contributed by atoms with E-state index in [-0.39, 0.29) is 5.56 Å². The molecule has 100 valence electrons. The molecule has 1 atom stereocenters. The van der Waals surface area contributed by atoms with Crippen molar-refractivity contribution in [2.45, 2.75) is 11.1 Å². The average molecular weight is 301 g/mol. The first-order valence-electron chi connectivity index (χ1n) is 5.52. The summed E-state index contributed by atoms with van der Waals surface area (Å²) in [4.78, 5) is 4.10. The van der Waals surface area contributed by atoms with Crippen LogP contribution in [0.5, 0.6) is 0 Å². The summed E-state index contributed by atoms with van der Waals surface area (Å²) in [7, 11) is 0. The Balaban J connectivity index is 2.05. The molecule has 2 aromatic rings. The molecule has 0 aliphatic rings. The molecule has 1 aromatic heterocycles.